The van der Waals surface area contributed by atoms with Crippen LogP contribution in [-0.4, -0.2) is 19.9 Å². The number of aromatic nitrogens is 4. The van der Waals surface area contributed by atoms with Crippen LogP contribution in [0.4, 0.5) is 0 Å². The molecule has 0 bridgehead atoms. The first-order valence-electron chi connectivity index (χ1n) is 7.88. The molecule has 0 saturated carbocycles. The van der Waals surface area contributed by atoms with Crippen molar-refractivity contribution >= 4 is 32.5 Å². The molecule has 3 aromatic heterocycles. The second-order valence-corrected chi connectivity index (χ2v) is 6.96. The standard InChI is InChI=1S/C18H14N4S/c1-3-7-14-11(5-1)9-19-16(21-14)17-20-10-13-12-6-2-4-8-15(12)23-18(13)22-17/h1,3,5,7,9-10H,2,4,6,8H2. The maximum absolute atomic E-state index is 4.74. The van der Waals surface area contributed by atoms with E-state index in [2.05, 4.69) is 15.0 Å². The van der Waals surface area contributed by atoms with Crippen molar-refractivity contribution in [2.24, 2.45) is 0 Å². The molecule has 23 heavy (non-hydrogen) atoms. The second kappa shape index (κ2) is 5.06. The van der Waals surface area contributed by atoms with Gasteiger partial charge in [-0.05, 0) is 37.3 Å². The lowest BCUT2D eigenvalue weighted by Gasteiger charge is -2.09. The fraction of sp³-hybridized carbons (Fsp3) is 0.222. The van der Waals surface area contributed by atoms with Crippen LogP contribution < -0.4 is 0 Å². The third-order valence-corrected chi connectivity index (χ3v) is 5.61. The van der Waals surface area contributed by atoms with Gasteiger partial charge in [0.25, 0.3) is 0 Å². The van der Waals surface area contributed by atoms with E-state index >= 15 is 0 Å². The Balaban J connectivity index is 1.66. The van der Waals surface area contributed by atoms with E-state index in [1.165, 1.54) is 35.1 Å². The van der Waals surface area contributed by atoms with Crippen molar-refractivity contribution in [3.05, 3.63) is 47.1 Å². The fourth-order valence-electron chi connectivity index (χ4n) is 3.23. The first-order valence-corrected chi connectivity index (χ1v) is 8.69. The van der Waals surface area contributed by atoms with Gasteiger partial charge < -0.3 is 0 Å². The quantitative estimate of drug-likeness (QED) is 0.528. The van der Waals surface area contributed by atoms with E-state index < -0.39 is 0 Å². The van der Waals surface area contributed by atoms with Crippen LogP contribution in [0, 0.1) is 0 Å². The van der Waals surface area contributed by atoms with Crippen molar-refractivity contribution < 1.29 is 0 Å². The van der Waals surface area contributed by atoms with E-state index in [0.717, 1.165) is 22.2 Å². The number of para-hydroxylation sites is 1. The monoisotopic (exact) mass is 318 g/mol. The lowest BCUT2D eigenvalue weighted by Crippen LogP contribution is -1.98. The van der Waals surface area contributed by atoms with Crippen molar-refractivity contribution in [2.75, 3.05) is 0 Å². The summed E-state index contributed by atoms with van der Waals surface area (Å²) in [4.78, 5) is 20.9. The molecule has 0 saturated heterocycles. The van der Waals surface area contributed by atoms with Crippen LogP contribution in [0.25, 0.3) is 32.8 Å². The third kappa shape index (κ3) is 2.11. The van der Waals surface area contributed by atoms with Crippen LogP contribution in [0.1, 0.15) is 23.3 Å². The third-order valence-electron chi connectivity index (χ3n) is 4.41. The molecule has 0 aliphatic heterocycles. The van der Waals surface area contributed by atoms with Gasteiger partial charge in [-0.15, -0.1) is 11.3 Å². The Labute approximate surface area is 137 Å². The second-order valence-electron chi connectivity index (χ2n) is 5.88. The number of hydrogen-bond donors (Lipinski definition) is 0. The van der Waals surface area contributed by atoms with E-state index in [4.69, 9.17) is 4.98 Å². The number of fused-ring (bicyclic) bond motifs is 4. The fourth-order valence-corrected chi connectivity index (χ4v) is 4.46. The van der Waals surface area contributed by atoms with Gasteiger partial charge in [-0.2, -0.15) is 0 Å². The minimum absolute atomic E-state index is 0.594. The normalized spacial score (nSPS) is 14.3. The number of benzene rings is 1. The van der Waals surface area contributed by atoms with Gasteiger partial charge in [-0.1, -0.05) is 18.2 Å². The molecule has 3 heterocycles. The van der Waals surface area contributed by atoms with Gasteiger partial charge in [0.1, 0.15) is 4.83 Å². The van der Waals surface area contributed by atoms with Crippen molar-refractivity contribution in [1.29, 1.82) is 0 Å². The van der Waals surface area contributed by atoms with Crippen LogP contribution in [0.3, 0.4) is 0 Å². The van der Waals surface area contributed by atoms with E-state index in [0.29, 0.717) is 11.6 Å². The maximum atomic E-state index is 4.74. The van der Waals surface area contributed by atoms with Crippen LogP contribution in [0.5, 0.6) is 0 Å². The Bertz CT molecular complexity index is 1040. The van der Waals surface area contributed by atoms with Crippen molar-refractivity contribution in [3.63, 3.8) is 0 Å². The minimum atomic E-state index is 0.594. The van der Waals surface area contributed by atoms with E-state index in [9.17, 15) is 0 Å². The average molecular weight is 318 g/mol. The van der Waals surface area contributed by atoms with Gasteiger partial charge in [0.2, 0.25) is 0 Å². The molecule has 1 aromatic carbocycles. The van der Waals surface area contributed by atoms with E-state index in [1.54, 1.807) is 11.3 Å². The highest BCUT2D eigenvalue weighted by Crippen LogP contribution is 2.35. The molecule has 0 amide bonds. The molecule has 0 spiro atoms. The number of rotatable bonds is 1. The van der Waals surface area contributed by atoms with Gasteiger partial charge in [0, 0.05) is 28.0 Å². The smallest absolute Gasteiger partial charge is 0.199 e. The van der Waals surface area contributed by atoms with Gasteiger partial charge in [-0.25, -0.2) is 19.9 Å². The Morgan fingerprint density at radius 2 is 1.70 bits per heavy atom. The Morgan fingerprint density at radius 3 is 2.70 bits per heavy atom. The molecule has 0 atom stereocenters. The summed E-state index contributed by atoms with van der Waals surface area (Å²) in [6.45, 7) is 0. The highest BCUT2D eigenvalue weighted by Gasteiger charge is 2.18. The van der Waals surface area contributed by atoms with E-state index in [1.807, 2.05) is 36.7 Å². The first-order chi connectivity index (χ1) is 11.4. The van der Waals surface area contributed by atoms with Crippen molar-refractivity contribution in [2.45, 2.75) is 25.7 Å². The van der Waals surface area contributed by atoms with Crippen molar-refractivity contribution in [3.8, 4) is 11.6 Å². The SMILES string of the molecule is c1ccc2nc(-c3ncc4c5c(sc4n3)CCCC5)ncc2c1. The molecule has 0 fully saturated rings. The predicted molar refractivity (Wildman–Crippen MR) is 92.6 cm³/mol. The number of hydrogen-bond acceptors (Lipinski definition) is 5. The molecular weight excluding hydrogens is 304 g/mol. The maximum Gasteiger partial charge on any atom is 0.199 e. The molecule has 5 rings (SSSR count). The average Bonchev–Trinajstić information content (AvgIpc) is 2.99. The summed E-state index contributed by atoms with van der Waals surface area (Å²) in [5, 5.41) is 2.25. The zero-order chi connectivity index (χ0) is 15.2. The van der Waals surface area contributed by atoms with Gasteiger partial charge in [-0.3, -0.25) is 0 Å². The first kappa shape index (κ1) is 13.1. The summed E-state index contributed by atoms with van der Waals surface area (Å²) in [6, 6.07) is 7.97. The summed E-state index contributed by atoms with van der Waals surface area (Å²) < 4.78 is 0. The lowest BCUT2D eigenvalue weighted by atomic mass is 9.97. The lowest BCUT2D eigenvalue weighted by molar-refractivity contribution is 0.700. The largest absolute Gasteiger partial charge is 0.233 e. The molecule has 1 aliphatic rings. The Hall–Kier alpha value is -2.40. The van der Waals surface area contributed by atoms with Crippen LogP contribution in [-0.2, 0) is 12.8 Å². The molecule has 112 valence electrons. The molecule has 0 unspecified atom stereocenters. The zero-order valence-corrected chi connectivity index (χ0v) is 13.3. The molecule has 0 N–H and O–H groups in total. The topological polar surface area (TPSA) is 51.6 Å². The molecule has 4 aromatic rings. The number of aryl methyl sites for hydroxylation is 2. The summed E-state index contributed by atoms with van der Waals surface area (Å²) >= 11 is 1.81. The number of thiophene rings is 1. The van der Waals surface area contributed by atoms with Crippen LogP contribution in [0.15, 0.2) is 36.7 Å². The van der Waals surface area contributed by atoms with Gasteiger partial charge in [0.15, 0.2) is 11.6 Å². The Morgan fingerprint density at radius 1 is 0.870 bits per heavy atom. The summed E-state index contributed by atoms with van der Waals surface area (Å²) in [7, 11) is 0. The summed E-state index contributed by atoms with van der Waals surface area (Å²) in [6.07, 6.45) is 8.69. The number of nitrogens with zero attached hydrogens (tertiary/aromatic N) is 4. The molecule has 0 radical (unpaired) electrons. The summed E-state index contributed by atoms with van der Waals surface area (Å²) in [5.41, 5.74) is 2.38. The van der Waals surface area contributed by atoms with Gasteiger partial charge in [0.05, 0.1) is 5.52 Å². The molecule has 5 heteroatoms. The summed E-state index contributed by atoms with van der Waals surface area (Å²) in [5.74, 6) is 1.21. The zero-order valence-electron chi connectivity index (χ0n) is 12.5. The highest BCUT2D eigenvalue weighted by molar-refractivity contribution is 7.18. The van der Waals surface area contributed by atoms with E-state index in [-0.39, 0.29) is 0 Å². The van der Waals surface area contributed by atoms with Gasteiger partial charge >= 0.3 is 0 Å². The predicted octanol–water partition coefficient (Wildman–Crippen LogP) is 4.18. The molecular formula is C18H14N4S. The van der Waals surface area contributed by atoms with Crippen LogP contribution in [0.2, 0.25) is 0 Å². The minimum Gasteiger partial charge on any atom is -0.233 e. The molecule has 1 aliphatic carbocycles. The Kier molecular flexibility index (Phi) is 2.88. The molecule has 4 nitrogen and oxygen atoms in total. The highest BCUT2D eigenvalue weighted by atomic mass is 32.1. The van der Waals surface area contributed by atoms with Crippen molar-refractivity contribution in [1.82, 2.24) is 19.9 Å². The van der Waals surface area contributed by atoms with Crippen LogP contribution >= 0.6 is 11.3 Å².